The molecule has 2 N–H and O–H groups in total. The van der Waals surface area contributed by atoms with Gasteiger partial charge in [-0.1, -0.05) is 23.8 Å². The first kappa shape index (κ1) is 21.1. The Hall–Kier alpha value is -1.58. The molecular formula is C22H28ClNO4. The topological polar surface area (TPSA) is 82.7 Å². The van der Waals surface area contributed by atoms with Gasteiger partial charge in [0.05, 0.1) is 18.3 Å². The number of fused-ring (bicyclic) bond motifs is 1. The van der Waals surface area contributed by atoms with Gasteiger partial charge >= 0.3 is 0 Å². The Labute approximate surface area is 171 Å². The number of nitrogens with zero attached hydrogens (tertiary/aromatic N) is 1. The lowest BCUT2D eigenvalue weighted by atomic mass is 9.90. The molecule has 0 amide bonds. The fraction of sp³-hybridized carbons (Fsp3) is 0.591. The molecule has 0 spiro atoms. The molecule has 152 valence electrons. The van der Waals surface area contributed by atoms with Crippen molar-refractivity contribution in [1.29, 1.82) is 5.26 Å². The SMILES string of the molecule is N#CCCCOC1C[C@H]2C[C@H](O)[C@@H](C=CC(O)COc3ccc(Cl)cc3)[C@@H]2C1. The van der Waals surface area contributed by atoms with Gasteiger partial charge in [-0.15, -0.1) is 0 Å². The molecular weight excluding hydrogens is 378 g/mol. The molecule has 0 heterocycles. The quantitative estimate of drug-likeness (QED) is 0.483. The van der Waals surface area contributed by atoms with Gasteiger partial charge in [0.15, 0.2) is 0 Å². The van der Waals surface area contributed by atoms with E-state index in [1.165, 1.54) is 0 Å². The van der Waals surface area contributed by atoms with Crippen LogP contribution in [0.2, 0.25) is 5.02 Å². The Balaban J connectivity index is 1.46. The molecule has 2 fully saturated rings. The molecule has 0 aromatic heterocycles. The number of ether oxygens (including phenoxy) is 2. The van der Waals surface area contributed by atoms with Crippen molar-refractivity contribution >= 4 is 11.6 Å². The van der Waals surface area contributed by atoms with Gasteiger partial charge in [0.2, 0.25) is 0 Å². The van der Waals surface area contributed by atoms with Crippen LogP contribution >= 0.6 is 11.6 Å². The van der Waals surface area contributed by atoms with E-state index in [1.807, 2.05) is 6.08 Å². The van der Waals surface area contributed by atoms with Gasteiger partial charge in [-0.25, -0.2) is 0 Å². The maximum absolute atomic E-state index is 10.4. The summed E-state index contributed by atoms with van der Waals surface area (Å²) < 4.78 is 11.5. The van der Waals surface area contributed by atoms with Crippen LogP contribution in [0.15, 0.2) is 36.4 Å². The van der Waals surface area contributed by atoms with E-state index >= 15 is 0 Å². The zero-order valence-electron chi connectivity index (χ0n) is 15.9. The molecule has 2 aliphatic rings. The monoisotopic (exact) mass is 405 g/mol. The first-order chi connectivity index (χ1) is 13.6. The highest BCUT2D eigenvalue weighted by Crippen LogP contribution is 2.49. The Bertz CT molecular complexity index is 687. The van der Waals surface area contributed by atoms with E-state index in [-0.39, 0.29) is 24.7 Å². The predicted octanol–water partition coefficient (Wildman–Crippen LogP) is 3.73. The second-order valence-corrected chi connectivity index (χ2v) is 8.18. The summed E-state index contributed by atoms with van der Waals surface area (Å²) in [7, 11) is 0. The lowest BCUT2D eigenvalue weighted by Crippen LogP contribution is -2.21. The number of rotatable bonds is 9. The molecule has 3 rings (SSSR count). The highest BCUT2D eigenvalue weighted by atomic mass is 35.5. The third-order valence-electron chi connectivity index (χ3n) is 5.77. The van der Waals surface area contributed by atoms with Gasteiger partial charge in [0.1, 0.15) is 18.5 Å². The van der Waals surface area contributed by atoms with Crippen LogP contribution in [0.5, 0.6) is 5.75 Å². The average Bonchev–Trinajstić information content (AvgIpc) is 3.19. The summed E-state index contributed by atoms with van der Waals surface area (Å²) in [5.41, 5.74) is 0. The van der Waals surface area contributed by atoms with Gasteiger partial charge in [0.25, 0.3) is 0 Å². The van der Waals surface area contributed by atoms with E-state index in [4.69, 9.17) is 26.3 Å². The van der Waals surface area contributed by atoms with Crippen molar-refractivity contribution in [2.24, 2.45) is 17.8 Å². The molecule has 0 bridgehead atoms. The molecule has 1 aromatic carbocycles. The zero-order valence-corrected chi connectivity index (χ0v) is 16.7. The predicted molar refractivity (Wildman–Crippen MR) is 107 cm³/mol. The standard InChI is InChI=1S/C22H28ClNO4/c23-16-3-6-18(7-4-16)28-14-17(25)5-8-20-21-13-19(27-10-2-1-9-24)11-15(21)12-22(20)26/h3-8,15,17,19-22,25-26H,1-2,10-14H2/t15-,17?,19?,20-,21+,22-/m0/s1. The van der Waals surface area contributed by atoms with Crippen LogP contribution in [0.3, 0.4) is 0 Å². The Morgan fingerprint density at radius 3 is 2.79 bits per heavy atom. The second kappa shape index (κ2) is 10.3. The van der Waals surface area contributed by atoms with Crippen molar-refractivity contribution in [3.8, 4) is 11.8 Å². The van der Waals surface area contributed by atoms with Crippen LogP contribution in [-0.2, 0) is 4.74 Å². The summed E-state index contributed by atoms with van der Waals surface area (Å²) in [5, 5.41) is 29.9. The van der Waals surface area contributed by atoms with E-state index in [1.54, 1.807) is 30.3 Å². The number of aliphatic hydroxyl groups is 2. The second-order valence-electron chi connectivity index (χ2n) is 7.75. The minimum Gasteiger partial charge on any atom is -0.491 e. The molecule has 0 saturated heterocycles. The normalized spacial score (nSPS) is 30.3. The molecule has 0 aliphatic heterocycles. The van der Waals surface area contributed by atoms with E-state index < -0.39 is 6.10 Å². The zero-order chi connectivity index (χ0) is 19.9. The van der Waals surface area contributed by atoms with Crippen LogP contribution in [-0.4, -0.2) is 41.7 Å². The molecule has 6 atom stereocenters. The first-order valence-electron chi connectivity index (χ1n) is 9.98. The Kier molecular flexibility index (Phi) is 7.75. The van der Waals surface area contributed by atoms with Crippen molar-refractivity contribution in [3.63, 3.8) is 0 Å². The van der Waals surface area contributed by atoms with Crippen LogP contribution in [0.4, 0.5) is 0 Å². The molecule has 2 saturated carbocycles. The lowest BCUT2D eigenvalue weighted by Gasteiger charge is -2.19. The van der Waals surface area contributed by atoms with Crippen LogP contribution < -0.4 is 4.74 Å². The van der Waals surface area contributed by atoms with Gasteiger partial charge < -0.3 is 19.7 Å². The van der Waals surface area contributed by atoms with E-state index in [2.05, 4.69) is 6.07 Å². The molecule has 5 nitrogen and oxygen atoms in total. The van der Waals surface area contributed by atoms with Crippen LogP contribution in [0, 0.1) is 29.1 Å². The highest BCUT2D eigenvalue weighted by Gasteiger charge is 2.47. The number of unbranched alkanes of at least 4 members (excludes halogenated alkanes) is 1. The number of halogens is 1. The average molecular weight is 406 g/mol. The fourth-order valence-electron chi connectivity index (χ4n) is 4.43. The van der Waals surface area contributed by atoms with Gasteiger partial charge in [0, 0.05) is 24.0 Å². The summed E-state index contributed by atoms with van der Waals surface area (Å²) >= 11 is 5.85. The molecule has 28 heavy (non-hydrogen) atoms. The molecule has 2 aliphatic carbocycles. The van der Waals surface area contributed by atoms with Crippen LogP contribution in [0.1, 0.15) is 32.1 Å². The number of aliphatic hydroxyl groups excluding tert-OH is 2. The van der Waals surface area contributed by atoms with Gasteiger partial charge in [-0.05, 0) is 61.8 Å². The molecule has 2 unspecified atom stereocenters. The number of hydrogen-bond donors (Lipinski definition) is 2. The van der Waals surface area contributed by atoms with Crippen molar-refractivity contribution in [1.82, 2.24) is 0 Å². The van der Waals surface area contributed by atoms with Crippen molar-refractivity contribution < 1.29 is 19.7 Å². The first-order valence-corrected chi connectivity index (χ1v) is 10.4. The van der Waals surface area contributed by atoms with E-state index in [0.29, 0.717) is 35.6 Å². The van der Waals surface area contributed by atoms with E-state index in [9.17, 15) is 10.2 Å². The van der Waals surface area contributed by atoms with E-state index in [0.717, 1.165) is 25.7 Å². The largest absolute Gasteiger partial charge is 0.491 e. The lowest BCUT2D eigenvalue weighted by molar-refractivity contribution is 0.0426. The highest BCUT2D eigenvalue weighted by molar-refractivity contribution is 6.30. The number of nitriles is 1. The minimum atomic E-state index is -0.735. The number of benzene rings is 1. The summed E-state index contributed by atoms with van der Waals surface area (Å²) in [6, 6.07) is 9.15. The van der Waals surface area contributed by atoms with Gasteiger partial charge in [-0.2, -0.15) is 5.26 Å². The summed E-state index contributed by atoms with van der Waals surface area (Å²) in [5.74, 6) is 1.55. The smallest absolute Gasteiger partial charge is 0.119 e. The minimum absolute atomic E-state index is 0.0443. The maximum Gasteiger partial charge on any atom is 0.119 e. The van der Waals surface area contributed by atoms with Gasteiger partial charge in [-0.3, -0.25) is 0 Å². The fourth-order valence-corrected chi connectivity index (χ4v) is 4.56. The van der Waals surface area contributed by atoms with Crippen LogP contribution in [0.25, 0.3) is 0 Å². The third-order valence-corrected chi connectivity index (χ3v) is 6.02. The van der Waals surface area contributed by atoms with Crippen molar-refractivity contribution in [2.45, 2.75) is 50.4 Å². The Morgan fingerprint density at radius 1 is 1.25 bits per heavy atom. The molecule has 0 radical (unpaired) electrons. The number of hydrogen-bond acceptors (Lipinski definition) is 5. The summed E-state index contributed by atoms with van der Waals surface area (Å²) in [4.78, 5) is 0. The van der Waals surface area contributed by atoms with Crippen molar-refractivity contribution in [3.05, 3.63) is 41.4 Å². The molecule has 6 heteroatoms. The summed E-state index contributed by atoms with van der Waals surface area (Å²) in [6.45, 7) is 0.779. The molecule has 1 aromatic rings. The maximum atomic E-state index is 10.4. The Morgan fingerprint density at radius 2 is 2.04 bits per heavy atom. The van der Waals surface area contributed by atoms with Crippen molar-refractivity contribution in [2.75, 3.05) is 13.2 Å². The third kappa shape index (κ3) is 5.71. The summed E-state index contributed by atoms with van der Waals surface area (Å²) in [6.07, 6.45) is 6.78.